The van der Waals surface area contributed by atoms with Crippen molar-refractivity contribution in [2.75, 3.05) is 6.54 Å². The van der Waals surface area contributed by atoms with Gasteiger partial charge < -0.3 is 5.32 Å². The van der Waals surface area contributed by atoms with E-state index in [1.807, 2.05) is 0 Å². The number of carbonyl (C=O) groups is 1. The van der Waals surface area contributed by atoms with Crippen LogP contribution in [0.3, 0.4) is 0 Å². The quantitative estimate of drug-likeness (QED) is 0.699. The Morgan fingerprint density at radius 3 is 2.71 bits per heavy atom. The Labute approximate surface area is 136 Å². The highest BCUT2D eigenvalue weighted by atomic mass is 19.1. The Balaban J connectivity index is 1.61. The molecule has 1 fully saturated rings. The van der Waals surface area contributed by atoms with Crippen molar-refractivity contribution in [3.05, 3.63) is 51.7 Å². The SMILES string of the molecule is O=C(NCCCc1n[nH]c(=O)[nH]1)C1(c2ccc(F)cc2F)CCC1. The number of hydrogen-bond donors (Lipinski definition) is 3. The molecule has 6 nitrogen and oxygen atoms in total. The van der Waals surface area contributed by atoms with Gasteiger partial charge in [-0.05, 0) is 25.3 Å². The summed E-state index contributed by atoms with van der Waals surface area (Å²) in [6.07, 6.45) is 3.03. The third kappa shape index (κ3) is 3.08. The van der Waals surface area contributed by atoms with Gasteiger partial charge in [-0.25, -0.2) is 18.7 Å². The summed E-state index contributed by atoms with van der Waals surface area (Å²) in [5, 5.41) is 8.87. The van der Waals surface area contributed by atoms with Crippen LogP contribution in [0.25, 0.3) is 0 Å². The van der Waals surface area contributed by atoms with E-state index < -0.39 is 17.0 Å². The Bertz CT molecular complexity index is 795. The Kier molecular flexibility index (Phi) is 4.46. The summed E-state index contributed by atoms with van der Waals surface area (Å²) in [7, 11) is 0. The van der Waals surface area contributed by atoms with Crippen LogP contribution in [0.4, 0.5) is 8.78 Å². The number of nitrogens with one attached hydrogen (secondary N) is 3. The molecule has 1 aromatic heterocycles. The standard InChI is InChI=1S/C16H18F2N4O2/c17-10-4-5-11(12(18)9-10)16(6-2-7-16)14(23)19-8-1-3-13-20-15(24)22-21-13/h4-5,9H,1-3,6-8H2,(H,19,23)(H2,20,21,22,24). The van der Waals surface area contributed by atoms with Crippen LogP contribution in [0.5, 0.6) is 0 Å². The fourth-order valence-corrected chi connectivity index (χ4v) is 3.08. The number of rotatable bonds is 6. The molecule has 2 aromatic rings. The molecule has 8 heteroatoms. The molecule has 0 radical (unpaired) electrons. The molecule has 3 rings (SSSR count). The zero-order chi connectivity index (χ0) is 17.2. The van der Waals surface area contributed by atoms with E-state index in [1.165, 1.54) is 12.1 Å². The van der Waals surface area contributed by atoms with Crippen molar-refractivity contribution in [1.82, 2.24) is 20.5 Å². The maximum atomic E-state index is 14.1. The van der Waals surface area contributed by atoms with Crippen LogP contribution in [0.2, 0.25) is 0 Å². The third-order valence-electron chi connectivity index (χ3n) is 4.51. The van der Waals surface area contributed by atoms with Gasteiger partial charge in [-0.1, -0.05) is 12.5 Å². The number of hydrogen-bond acceptors (Lipinski definition) is 3. The van der Waals surface area contributed by atoms with Gasteiger partial charge in [-0.15, -0.1) is 0 Å². The Morgan fingerprint density at radius 2 is 2.12 bits per heavy atom. The number of carbonyl (C=O) groups excluding carboxylic acids is 1. The second kappa shape index (κ2) is 6.54. The van der Waals surface area contributed by atoms with Crippen LogP contribution in [0.15, 0.2) is 23.0 Å². The van der Waals surface area contributed by atoms with Crippen LogP contribution in [-0.4, -0.2) is 27.6 Å². The number of H-pyrrole nitrogens is 2. The lowest BCUT2D eigenvalue weighted by Crippen LogP contribution is -2.50. The second-order valence-electron chi connectivity index (χ2n) is 6.04. The smallest absolute Gasteiger partial charge is 0.340 e. The molecule has 0 aliphatic heterocycles. The number of aromatic nitrogens is 3. The molecule has 0 bridgehead atoms. The molecular formula is C16H18F2N4O2. The minimum atomic E-state index is -0.904. The topological polar surface area (TPSA) is 90.6 Å². The van der Waals surface area contributed by atoms with Crippen LogP contribution < -0.4 is 11.0 Å². The van der Waals surface area contributed by atoms with E-state index in [2.05, 4.69) is 20.5 Å². The second-order valence-corrected chi connectivity index (χ2v) is 6.04. The van der Waals surface area contributed by atoms with Crippen LogP contribution >= 0.6 is 0 Å². The monoisotopic (exact) mass is 336 g/mol. The van der Waals surface area contributed by atoms with E-state index in [0.717, 1.165) is 12.5 Å². The van der Waals surface area contributed by atoms with Crippen molar-refractivity contribution in [1.29, 1.82) is 0 Å². The molecule has 0 saturated heterocycles. The summed E-state index contributed by atoms with van der Waals surface area (Å²) in [5.41, 5.74) is -1.02. The molecule has 1 aliphatic rings. The molecule has 0 spiro atoms. The van der Waals surface area contributed by atoms with Crippen molar-refractivity contribution < 1.29 is 13.6 Å². The predicted octanol–water partition coefficient (Wildman–Crippen LogP) is 1.55. The third-order valence-corrected chi connectivity index (χ3v) is 4.51. The van der Waals surface area contributed by atoms with Crippen molar-refractivity contribution in [2.24, 2.45) is 0 Å². The van der Waals surface area contributed by atoms with E-state index >= 15 is 0 Å². The van der Waals surface area contributed by atoms with Gasteiger partial charge in [0.05, 0.1) is 5.41 Å². The minimum Gasteiger partial charge on any atom is -0.355 e. The first-order valence-electron chi connectivity index (χ1n) is 7.89. The number of nitrogens with zero attached hydrogens (tertiary/aromatic N) is 1. The van der Waals surface area contributed by atoms with E-state index in [1.54, 1.807) is 0 Å². The largest absolute Gasteiger partial charge is 0.355 e. The van der Waals surface area contributed by atoms with E-state index in [-0.39, 0.29) is 17.2 Å². The average Bonchev–Trinajstić information content (AvgIpc) is 2.90. The van der Waals surface area contributed by atoms with Gasteiger partial charge in [-0.3, -0.25) is 9.78 Å². The lowest BCUT2D eigenvalue weighted by atomic mass is 9.63. The number of aromatic amines is 2. The summed E-state index contributed by atoms with van der Waals surface area (Å²) in [6, 6.07) is 3.36. The first kappa shape index (κ1) is 16.4. The molecule has 1 saturated carbocycles. The van der Waals surface area contributed by atoms with Crippen LogP contribution in [-0.2, 0) is 16.6 Å². The Morgan fingerprint density at radius 1 is 1.33 bits per heavy atom. The fraction of sp³-hybridized carbons (Fsp3) is 0.438. The average molecular weight is 336 g/mol. The molecular weight excluding hydrogens is 318 g/mol. The van der Waals surface area contributed by atoms with Gasteiger partial charge in [0, 0.05) is 24.6 Å². The first-order chi connectivity index (χ1) is 11.5. The van der Waals surface area contributed by atoms with Gasteiger partial charge in [0.2, 0.25) is 5.91 Å². The fourth-order valence-electron chi connectivity index (χ4n) is 3.08. The van der Waals surface area contributed by atoms with Crippen LogP contribution in [0, 0.1) is 11.6 Å². The van der Waals surface area contributed by atoms with Gasteiger partial charge in [-0.2, -0.15) is 5.10 Å². The van der Waals surface area contributed by atoms with Crippen LogP contribution in [0.1, 0.15) is 37.1 Å². The van der Waals surface area contributed by atoms with E-state index in [9.17, 15) is 18.4 Å². The summed E-state index contributed by atoms with van der Waals surface area (Å²) in [6.45, 7) is 0.387. The molecule has 1 heterocycles. The maximum Gasteiger partial charge on any atom is 0.340 e. The van der Waals surface area contributed by atoms with Crippen molar-refractivity contribution in [3.63, 3.8) is 0 Å². The highest BCUT2D eigenvalue weighted by Gasteiger charge is 2.47. The summed E-state index contributed by atoms with van der Waals surface area (Å²) >= 11 is 0. The zero-order valence-electron chi connectivity index (χ0n) is 13.0. The normalized spacial score (nSPS) is 15.8. The summed E-state index contributed by atoms with van der Waals surface area (Å²) in [4.78, 5) is 26.0. The number of benzene rings is 1. The van der Waals surface area contributed by atoms with Crippen molar-refractivity contribution in [2.45, 2.75) is 37.5 Å². The predicted molar refractivity (Wildman–Crippen MR) is 82.4 cm³/mol. The molecule has 0 unspecified atom stereocenters. The van der Waals surface area contributed by atoms with E-state index in [4.69, 9.17) is 0 Å². The van der Waals surface area contributed by atoms with Crippen molar-refractivity contribution in [3.8, 4) is 0 Å². The summed E-state index contributed by atoms with van der Waals surface area (Å²) in [5.74, 6) is -1.05. The lowest BCUT2D eigenvalue weighted by molar-refractivity contribution is -0.130. The highest BCUT2D eigenvalue weighted by molar-refractivity contribution is 5.89. The first-order valence-corrected chi connectivity index (χ1v) is 7.89. The van der Waals surface area contributed by atoms with E-state index in [0.29, 0.717) is 38.1 Å². The molecule has 1 aromatic carbocycles. The van der Waals surface area contributed by atoms with Gasteiger partial charge in [0.15, 0.2) is 0 Å². The highest BCUT2D eigenvalue weighted by Crippen LogP contribution is 2.45. The van der Waals surface area contributed by atoms with Gasteiger partial charge >= 0.3 is 5.69 Å². The molecule has 24 heavy (non-hydrogen) atoms. The van der Waals surface area contributed by atoms with Gasteiger partial charge in [0.1, 0.15) is 17.5 Å². The lowest BCUT2D eigenvalue weighted by Gasteiger charge is -2.40. The van der Waals surface area contributed by atoms with Gasteiger partial charge in [0.25, 0.3) is 0 Å². The minimum absolute atomic E-state index is 0.241. The molecule has 3 N–H and O–H groups in total. The number of amides is 1. The Hall–Kier alpha value is -2.51. The molecule has 1 amide bonds. The zero-order valence-corrected chi connectivity index (χ0v) is 13.0. The molecule has 128 valence electrons. The maximum absolute atomic E-state index is 14.1. The number of halogens is 2. The molecule has 1 aliphatic carbocycles. The van der Waals surface area contributed by atoms with Crippen molar-refractivity contribution >= 4 is 5.91 Å². The summed E-state index contributed by atoms with van der Waals surface area (Å²) < 4.78 is 27.2. The molecule has 0 atom stereocenters. The number of aryl methyl sites for hydroxylation is 1.